The number of nitrogens with two attached hydrogens (primary N) is 1. The van der Waals surface area contributed by atoms with Crippen molar-refractivity contribution >= 4 is 34.4 Å². The minimum Gasteiger partial charge on any atom is -0.331 e. The molecule has 1 aromatic carbocycles. The molecule has 0 amide bonds. The van der Waals surface area contributed by atoms with Gasteiger partial charge >= 0.3 is 0 Å². The highest BCUT2D eigenvalue weighted by molar-refractivity contribution is 7.80. The van der Waals surface area contributed by atoms with Crippen molar-refractivity contribution in [1.29, 1.82) is 0 Å². The van der Waals surface area contributed by atoms with Crippen molar-refractivity contribution < 1.29 is 0 Å². The van der Waals surface area contributed by atoms with Gasteiger partial charge in [0, 0.05) is 5.69 Å². The molecule has 0 aliphatic heterocycles. The van der Waals surface area contributed by atoms with Crippen LogP contribution in [0.3, 0.4) is 0 Å². The fraction of sp³-hybridized carbons (Fsp3) is 0.182. The van der Waals surface area contributed by atoms with E-state index in [0.717, 1.165) is 5.69 Å². The van der Waals surface area contributed by atoms with Gasteiger partial charge in [-0.25, -0.2) is 0 Å². The van der Waals surface area contributed by atoms with Gasteiger partial charge in [-0.1, -0.05) is 18.2 Å². The van der Waals surface area contributed by atoms with Crippen molar-refractivity contribution in [3.05, 3.63) is 30.3 Å². The average Bonchev–Trinajstić information content (AvgIpc) is 2.36. The summed E-state index contributed by atoms with van der Waals surface area (Å²) in [6, 6.07) is 9.61. The Labute approximate surface area is 106 Å². The van der Waals surface area contributed by atoms with E-state index in [2.05, 4.69) is 20.9 Å². The molecule has 17 heavy (non-hydrogen) atoms. The van der Waals surface area contributed by atoms with Crippen LogP contribution in [0.4, 0.5) is 5.69 Å². The number of anilines is 1. The standard InChI is InChI=1S/C11H15N5S/c1-8(14-12)9(2)15-16-11(17)13-10-6-4-3-5-7-10/h3-7H,12H2,1-2H3,(H2,13,16,17)/b14-8+,15-9+. The summed E-state index contributed by atoms with van der Waals surface area (Å²) in [6.07, 6.45) is 0. The van der Waals surface area contributed by atoms with Crippen LogP contribution in [-0.2, 0) is 0 Å². The van der Waals surface area contributed by atoms with Crippen LogP contribution < -0.4 is 16.6 Å². The first kappa shape index (κ1) is 13.1. The van der Waals surface area contributed by atoms with Crippen LogP contribution in [0.2, 0.25) is 0 Å². The zero-order valence-electron chi connectivity index (χ0n) is 9.77. The third kappa shape index (κ3) is 4.60. The molecule has 0 atom stereocenters. The number of thiocarbonyl (C=S) groups is 1. The fourth-order valence-electron chi connectivity index (χ4n) is 0.989. The van der Waals surface area contributed by atoms with Gasteiger partial charge in [0.2, 0.25) is 0 Å². The number of benzene rings is 1. The molecule has 6 heteroatoms. The first-order valence-electron chi connectivity index (χ1n) is 5.04. The normalized spacial score (nSPS) is 12.1. The predicted molar refractivity (Wildman–Crippen MR) is 76.2 cm³/mol. The van der Waals surface area contributed by atoms with Gasteiger partial charge in [0.05, 0.1) is 11.4 Å². The number of nitrogens with zero attached hydrogens (tertiary/aromatic N) is 2. The lowest BCUT2D eigenvalue weighted by Crippen LogP contribution is -2.26. The molecular formula is C11H15N5S. The number of hydrogen-bond acceptors (Lipinski definition) is 4. The second-order valence-corrected chi connectivity index (χ2v) is 3.75. The predicted octanol–water partition coefficient (Wildman–Crippen LogP) is 1.68. The second-order valence-electron chi connectivity index (χ2n) is 3.34. The summed E-state index contributed by atoms with van der Waals surface area (Å²) in [6.45, 7) is 3.57. The third-order valence-corrected chi connectivity index (χ3v) is 2.27. The van der Waals surface area contributed by atoms with E-state index in [0.29, 0.717) is 16.5 Å². The van der Waals surface area contributed by atoms with Crippen molar-refractivity contribution in [2.24, 2.45) is 16.0 Å². The smallest absolute Gasteiger partial charge is 0.191 e. The molecule has 0 radical (unpaired) electrons. The third-order valence-electron chi connectivity index (χ3n) is 2.07. The zero-order chi connectivity index (χ0) is 12.7. The fourth-order valence-corrected chi connectivity index (χ4v) is 1.15. The largest absolute Gasteiger partial charge is 0.331 e. The summed E-state index contributed by atoms with van der Waals surface area (Å²) in [5.74, 6) is 5.13. The van der Waals surface area contributed by atoms with Crippen LogP contribution in [0.1, 0.15) is 13.8 Å². The first-order chi connectivity index (χ1) is 8.13. The second kappa shape index (κ2) is 6.59. The number of hydrogen-bond donors (Lipinski definition) is 3. The zero-order valence-corrected chi connectivity index (χ0v) is 10.6. The van der Waals surface area contributed by atoms with Crippen LogP contribution in [0, 0.1) is 0 Å². The van der Waals surface area contributed by atoms with Crippen molar-refractivity contribution in [2.45, 2.75) is 13.8 Å². The highest BCUT2D eigenvalue weighted by atomic mass is 32.1. The van der Waals surface area contributed by atoms with Crippen molar-refractivity contribution in [2.75, 3.05) is 5.32 Å². The number of nitrogens with one attached hydrogen (secondary N) is 2. The minimum absolute atomic E-state index is 0.417. The summed E-state index contributed by atoms with van der Waals surface area (Å²) in [5.41, 5.74) is 4.96. The van der Waals surface area contributed by atoms with Gasteiger partial charge in [-0.2, -0.15) is 10.2 Å². The highest BCUT2D eigenvalue weighted by Crippen LogP contribution is 2.04. The van der Waals surface area contributed by atoms with Crippen molar-refractivity contribution in [3.8, 4) is 0 Å². The topological polar surface area (TPSA) is 74.8 Å². The van der Waals surface area contributed by atoms with Crippen LogP contribution in [0.15, 0.2) is 40.5 Å². The van der Waals surface area contributed by atoms with Crippen molar-refractivity contribution in [3.63, 3.8) is 0 Å². The van der Waals surface area contributed by atoms with Gasteiger partial charge in [0.15, 0.2) is 5.11 Å². The summed E-state index contributed by atoms with van der Waals surface area (Å²) in [5, 5.41) is 11.0. The van der Waals surface area contributed by atoms with E-state index >= 15 is 0 Å². The number of hydrazone groups is 2. The Morgan fingerprint density at radius 2 is 1.82 bits per heavy atom. The lowest BCUT2D eigenvalue weighted by molar-refractivity contribution is 1.04. The molecule has 0 fully saturated rings. The van der Waals surface area contributed by atoms with Gasteiger partial charge < -0.3 is 11.2 Å². The summed E-state index contributed by atoms with van der Waals surface area (Å²) in [7, 11) is 0. The van der Waals surface area contributed by atoms with E-state index in [-0.39, 0.29) is 0 Å². The van der Waals surface area contributed by atoms with Crippen LogP contribution in [0.5, 0.6) is 0 Å². The molecule has 0 saturated heterocycles. The number of para-hydroxylation sites is 1. The highest BCUT2D eigenvalue weighted by Gasteiger charge is 1.98. The molecule has 0 aliphatic carbocycles. The van der Waals surface area contributed by atoms with E-state index in [4.69, 9.17) is 18.1 Å². The van der Waals surface area contributed by atoms with E-state index in [1.807, 2.05) is 30.3 Å². The molecule has 0 saturated carbocycles. The van der Waals surface area contributed by atoms with E-state index in [9.17, 15) is 0 Å². The van der Waals surface area contributed by atoms with Crippen molar-refractivity contribution in [1.82, 2.24) is 5.43 Å². The van der Waals surface area contributed by atoms with Gasteiger partial charge in [0.25, 0.3) is 0 Å². The molecule has 0 aromatic heterocycles. The SMILES string of the molecule is CC(=N\N)/C(C)=N/NC(=S)Nc1ccccc1. The molecule has 0 spiro atoms. The Morgan fingerprint density at radius 3 is 2.41 bits per heavy atom. The maximum atomic E-state index is 5.13. The first-order valence-corrected chi connectivity index (χ1v) is 5.45. The monoisotopic (exact) mass is 249 g/mol. The van der Waals surface area contributed by atoms with Gasteiger partial charge in [-0.3, -0.25) is 5.43 Å². The quantitative estimate of drug-likeness (QED) is 0.330. The number of rotatable bonds is 3. The van der Waals surface area contributed by atoms with E-state index in [1.165, 1.54) is 0 Å². The van der Waals surface area contributed by atoms with Gasteiger partial charge in [-0.05, 0) is 38.2 Å². The summed E-state index contributed by atoms with van der Waals surface area (Å²) < 4.78 is 0. The molecule has 0 bridgehead atoms. The van der Waals surface area contributed by atoms with Crippen LogP contribution >= 0.6 is 12.2 Å². The summed E-state index contributed by atoms with van der Waals surface area (Å²) in [4.78, 5) is 0. The molecule has 4 N–H and O–H groups in total. The Hall–Kier alpha value is -1.95. The summed E-state index contributed by atoms with van der Waals surface area (Å²) >= 11 is 5.08. The van der Waals surface area contributed by atoms with E-state index < -0.39 is 0 Å². The molecule has 90 valence electrons. The molecule has 1 rings (SSSR count). The maximum Gasteiger partial charge on any atom is 0.191 e. The maximum absolute atomic E-state index is 5.13. The Kier molecular flexibility index (Phi) is 5.09. The van der Waals surface area contributed by atoms with E-state index in [1.54, 1.807) is 13.8 Å². The molecule has 0 aliphatic rings. The van der Waals surface area contributed by atoms with Gasteiger partial charge in [-0.15, -0.1) is 0 Å². The molecule has 0 unspecified atom stereocenters. The Morgan fingerprint density at radius 1 is 1.18 bits per heavy atom. The van der Waals surface area contributed by atoms with Crippen LogP contribution in [-0.4, -0.2) is 16.5 Å². The molecule has 0 heterocycles. The lowest BCUT2D eigenvalue weighted by Gasteiger charge is -2.07. The lowest BCUT2D eigenvalue weighted by atomic mass is 10.3. The minimum atomic E-state index is 0.417. The average molecular weight is 249 g/mol. The molecule has 1 aromatic rings. The van der Waals surface area contributed by atoms with Gasteiger partial charge in [0.1, 0.15) is 0 Å². The molecular weight excluding hydrogens is 234 g/mol. The Bertz CT molecular complexity index is 438. The molecule has 5 nitrogen and oxygen atoms in total. The van der Waals surface area contributed by atoms with Crippen LogP contribution in [0.25, 0.3) is 0 Å². The Balaban J connectivity index is 2.52.